The van der Waals surface area contributed by atoms with Crippen LogP contribution in [-0.2, 0) is 37.7 Å². The van der Waals surface area contributed by atoms with Crippen molar-refractivity contribution in [2.45, 2.75) is 71.4 Å². The molecule has 0 amide bonds. The van der Waals surface area contributed by atoms with Crippen molar-refractivity contribution in [1.82, 2.24) is 39.9 Å². The summed E-state index contributed by atoms with van der Waals surface area (Å²) < 4.78 is 99.4. The van der Waals surface area contributed by atoms with Crippen LogP contribution in [-0.4, -0.2) is 154 Å². The van der Waals surface area contributed by atoms with Gasteiger partial charge in [-0.2, -0.15) is 0 Å². The molecule has 2 aliphatic heterocycles. The molecule has 101 heavy (non-hydrogen) atoms. The first-order valence-electron chi connectivity index (χ1n) is 28.9. The molecule has 11 rings (SSSR count). The van der Waals surface area contributed by atoms with Gasteiger partial charge in [-0.15, -0.1) is 0 Å². The van der Waals surface area contributed by atoms with Crippen LogP contribution in [0, 0.1) is 23.3 Å². The van der Waals surface area contributed by atoms with E-state index in [1.165, 1.54) is 125 Å². The Bertz CT molecular complexity index is 4100. The molecule has 6 heterocycles. The number of halogens is 7. The van der Waals surface area contributed by atoms with Crippen LogP contribution in [0.15, 0.2) is 135 Å². The number of anilines is 4. The van der Waals surface area contributed by atoms with E-state index in [0.29, 0.717) is 56.2 Å². The van der Waals surface area contributed by atoms with Crippen molar-refractivity contribution in [2.75, 3.05) is 64.6 Å². The average molecular weight is 1570 g/mol. The topological polar surface area (TPSA) is 402 Å². The Balaban J connectivity index is 0.000000258. The molecule has 0 saturated carbocycles. The van der Waals surface area contributed by atoms with Crippen molar-refractivity contribution in [3.05, 3.63) is 181 Å². The number of hydrogen-bond acceptors (Lipinski definition) is 28. The number of thiol groups is 1. The number of nitrogens with two attached hydrogens (primary N) is 4. The third kappa shape index (κ3) is 23.6. The Morgan fingerprint density at radius 3 is 1.28 bits per heavy atom. The summed E-state index contributed by atoms with van der Waals surface area (Å²) in [5.74, 6) is -5.50. The molecule has 4 aromatic heterocycles. The van der Waals surface area contributed by atoms with Crippen LogP contribution in [0.25, 0.3) is 33.8 Å². The first-order chi connectivity index (χ1) is 47.3. The fraction of sp³-hybridized carbons (Fsp3) is 0.270. The number of allylic oxidation sites excluding steroid dienone is 1. The fourth-order valence-corrected chi connectivity index (χ4v) is 9.32. The second-order valence-corrected chi connectivity index (χ2v) is 23.5. The summed E-state index contributed by atoms with van der Waals surface area (Å²) in [4.78, 5) is 76.0. The number of esters is 4. The standard InChI is InChI=1S/C14H23BO4.2C12H9BrFN3O2.C12H10FN3O2.C8H8BFO4.C4H4ClN3.CH4.BHNS/c1-12(2)13(3,4)19-15(18-12)11-5-7-14(8-6-11)16-9-10-17-14;2*1-19-12(18)7-3-2-6(4-8(7)14)10-11(15)16-5-9(13)17-10;1-18-12(17)8-3-2-7(6-9(8)13)10-11(14)16-5-4-15-10;1-14-8(11)6-3-2-5(9(12)13)4-7(6)10;5-3-4(6)8-2-1-7-3;;1-2-3/h5H,6-10H2,1-4H3;2*2-5H,1H3,(H2,15,16);2-6H,1H3,(H2,14,16);2-4,12-13H,1H3;1-2H,(H2,6,8);1H4;3H. The summed E-state index contributed by atoms with van der Waals surface area (Å²) >= 11 is 14.9. The van der Waals surface area contributed by atoms with Gasteiger partial charge in [0.1, 0.15) is 67.0 Å². The van der Waals surface area contributed by atoms with Crippen molar-refractivity contribution in [2.24, 2.45) is 4.30 Å². The van der Waals surface area contributed by atoms with Gasteiger partial charge in [0.05, 0.1) is 87.5 Å². The van der Waals surface area contributed by atoms with E-state index in [1.807, 2.05) is 0 Å². The summed E-state index contributed by atoms with van der Waals surface area (Å²) in [6.07, 6.45) is 13.5. The SMILES string of the molecule is C.CC1(C)OB(C2=CCC3(CC2)OCCO3)OC1(C)C.COC(=O)c1ccc(-c2nc(Br)cnc2N)cc1F.COC(=O)c1ccc(-c2nc(Br)cnc2N)cc1F.COC(=O)c1ccc(-c2nccnc2N)cc1F.COC(=O)c1ccc(B(O)O)cc1F.Nc1nccnc1Cl.[B]=NS. The minimum absolute atomic E-state index is 0. The van der Waals surface area contributed by atoms with E-state index in [9.17, 15) is 36.7 Å². The molecule has 8 aromatic rings. The molecule has 533 valence electrons. The van der Waals surface area contributed by atoms with E-state index < -0.39 is 54.3 Å². The Morgan fingerprint density at radius 2 is 0.950 bits per heavy atom. The maximum absolute atomic E-state index is 13.8. The molecule has 0 unspecified atom stereocenters. The predicted molar refractivity (Wildman–Crippen MR) is 381 cm³/mol. The number of ether oxygens (including phenoxy) is 6. The van der Waals surface area contributed by atoms with Gasteiger partial charge >= 0.3 is 62.9 Å². The van der Waals surface area contributed by atoms with Crippen LogP contribution < -0.4 is 28.4 Å². The number of carbonyl (C=O) groups is 4. The number of nitrogen functional groups attached to an aromatic ring is 4. The normalized spacial score (nSPS) is 13.8. The van der Waals surface area contributed by atoms with Crippen LogP contribution in [0.4, 0.5) is 40.8 Å². The predicted octanol–water partition coefficient (Wildman–Crippen LogP) is 9.77. The molecule has 3 aliphatic rings. The van der Waals surface area contributed by atoms with Gasteiger partial charge < -0.3 is 70.7 Å². The molecule has 1 aliphatic carbocycles. The monoisotopic (exact) mass is 1560 g/mol. The number of hydrogen-bond donors (Lipinski definition) is 7. The molecule has 4 aromatic carbocycles. The number of carbonyl (C=O) groups excluding carboxylic acids is 4. The maximum atomic E-state index is 13.8. The van der Waals surface area contributed by atoms with Crippen molar-refractivity contribution in [1.29, 1.82) is 0 Å². The molecule has 2 saturated heterocycles. The third-order valence-corrected chi connectivity index (χ3v) is 15.5. The summed E-state index contributed by atoms with van der Waals surface area (Å²) in [5, 5.41) is 17.7. The minimum atomic E-state index is -1.75. The number of rotatable bonds is 9. The van der Waals surface area contributed by atoms with E-state index in [1.54, 1.807) is 0 Å². The molecule has 27 nitrogen and oxygen atoms in total. The van der Waals surface area contributed by atoms with Crippen LogP contribution in [0.1, 0.15) is 95.8 Å². The van der Waals surface area contributed by atoms with E-state index in [2.05, 4.69) is 149 Å². The summed E-state index contributed by atoms with van der Waals surface area (Å²) in [6, 6.07) is 15.3. The molecular formula is C63H68B3Br2ClF4N13O14S. The molecule has 1 radical (unpaired) electrons. The van der Waals surface area contributed by atoms with E-state index in [0.717, 1.165) is 38.5 Å². The van der Waals surface area contributed by atoms with Crippen molar-refractivity contribution >= 4 is 131 Å². The number of nitrogens with zero attached hydrogens (tertiary/aromatic N) is 9. The van der Waals surface area contributed by atoms with Gasteiger partial charge in [-0.3, -0.25) is 4.98 Å². The van der Waals surface area contributed by atoms with Gasteiger partial charge in [0, 0.05) is 54.3 Å². The Morgan fingerprint density at radius 1 is 0.594 bits per heavy atom. The second-order valence-electron chi connectivity index (χ2n) is 21.3. The van der Waals surface area contributed by atoms with Gasteiger partial charge in [-0.25, -0.2) is 71.6 Å². The average Bonchev–Trinajstić information content (AvgIpc) is 1.63. The Labute approximate surface area is 607 Å². The fourth-order valence-electron chi connectivity index (χ4n) is 8.66. The summed E-state index contributed by atoms with van der Waals surface area (Å²) in [7, 11) is 7.07. The zero-order valence-electron chi connectivity index (χ0n) is 54.5. The molecule has 10 N–H and O–H groups in total. The van der Waals surface area contributed by atoms with Gasteiger partial charge in [0.2, 0.25) is 0 Å². The van der Waals surface area contributed by atoms with Crippen LogP contribution in [0.3, 0.4) is 0 Å². The number of benzene rings is 4. The van der Waals surface area contributed by atoms with Crippen LogP contribution >= 0.6 is 56.3 Å². The zero-order valence-corrected chi connectivity index (χ0v) is 59.3. The van der Waals surface area contributed by atoms with Crippen LogP contribution in [0.2, 0.25) is 5.15 Å². The van der Waals surface area contributed by atoms with Crippen molar-refractivity contribution in [3.63, 3.8) is 0 Å². The first-order valence-corrected chi connectivity index (χ1v) is 31.3. The van der Waals surface area contributed by atoms with E-state index in [4.69, 9.17) is 63.4 Å². The van der Waals surface area contributed by atoms with Crippen molar-refractivity contribution < 1.29 is 84.5 Å². The molecule has 2 fully saturated rings. The summed E-state index contributed by atoms with van der Waals surface area (Å²) in [5.41, 5.74) is 24.6. The van der Waals surface area contributed by atoms with Crippen LogP contribution in [0.5, 0.6) is 0 Å². The van der Waals surface area contributed by atoms with Gasteiger partial charge in [-0.1, -0.05) is 49.4 Å². The molecule has 1 spiro atoms. The van der Waals surface area contributed by atoms with Crippen molar-refractivity contribution in [3.8, 4) is 33.8 Å². The van der Waals surface area contributed by atoms with Gasteiger partial charge in [0.25, 0.3) is 0 Å². The third-order valence-electron chi connectivity index (χ3n) is 14.4. The molecule has 38 heteroatoms. The van der Waals surface area contributed by atoms with E-state index in [-0.39, 0.29) is 87.7 Å². The van der Waals surface area contributed by atoms with E-state index >= 15 is 0 Å². The second kappa shape index (κ2) is 39.3. The number of methoxy groups -OCH3 is 4. The summed E-state index contributed by atoms with van der Waals surface area (Å²) in [6.45, 7) is 9.75. The first kappa shape index (κ1) is 84.5. The quantitative estimate of drug-likeness (QED) is 0.0232. The molecular weight excluding hydrogens is 1500 g/mol. The van der Waals surface area contributed by atoms with Gasteiger partial charge in [-0.05, 0) is 125 Å². The molecule has 0 bridgehead atoms. The molecule has 0 atom stereocenters. The van der Waals surface area contributed by atoms with Gasteiger partial charge in [0.15, 0.2) is 16.8 Å². The Hall–Kier alpha value is -8.91. The zero-order chi connectivity index (χ0) is 74.2. The Kier molecular flexibility index (Phi) is 32.9. The number of aromatic nitrogens is 8.